The highest BCUT2D eigenvalue weighted by molar-refractivity contribution is 5.53. The molecule has 0 fully saturated rings. The molecule has 0 N–H and O–H groups in total. The molecule has 4 heteroatoms. The molecule has 1 aliphatic rings. The predicted octanol–water partition coefficient (Wildman–Crippen LogP) is 2.48. The molecule has 0 amide bonds. The molecule has 0 aliphatic carbocycles. The second kappa shape index (κ2) is 5.65. The molecular weight excluding hydrogens is 231 g/mol. The molecule has 1 aromatic rings. The van der Waals surface area contributed by atoms with Crippen molar-refractivity contribution in [1.82, 2.24) is 0 Å². The van der Waals surface area contributed by atoms with Gasteiger partial charge in [0.1, 0.15) is 5.82 Å². The SMILES string of the molecule is COCC1=CCN(c2cc(F)cc(C#N)c2)CC1. The molecule has 0 unspecified atom stereocenters. The zero-order chi connectivity index (χ0) is 13.0. The van der Waals surface area contributed by atoms with Gasteiger partial charge in [0.25, 0.3) is 0 Å². The maximum atomic E-state index is 13.4. The summed E-state index contributed by atoms with van der Waals surface area (Å²) in [6.07, 6.45) is 3.01. The summed E-state index contributed by atoms with van der Waals surface area (Å²) in [5.41, 5.74) is 2.39. The van der Waals surface area contributed by atoms with Crippen LogP contribution in [0, 0.1) is 17.1 Å². The van der Waals surface area contributed by atoms with Gasteiger partial charge in [0.2, 0.25) is 0 Å². The molecule has 3 nitrogen and oxygen atoms in total. The number of hydrogen-bond donors (Lipinski definition) is 0. The van der Waals surface area contributed by atoms with Crippen molar-refractivity contribution >= 4 is 5.69 Å². The van der Waals surface area contributed by atoms with E-state index in [2.05, 4.69) is 11.0 Å². The van der Waals surface area contributed by atoms with Crippen molar-refractivity contribution in [2.45, 2.75) is 6.42 Å². The van der Waals surface area contributed by atoms with Crippen LogP contribution in [-0.2, 0) is 4.74 Å². The highest BCUT2D eigenvalue weighted by Gasteiger charge is 2.13. The molecule has 0 radical (unpaired) electrons. The first-order valence-electron chi connectivity index (χ1n) is 5.85. The quantitative estimate of drug-likeness (QED) is 0.769. The average Bonchev–Trinajstić information content (AvgIpc) is 2.39. The molecule has 94 valence electrons. The summed E-state index contributed by atoms with van der Waals surface area (Å²) in [5, 5.41) is 8.83. The minimum Gasteiger partial charge on any atom is -0.380 e. The Morgan fingerprint density at radius 1 is 1.44 bits per heavy atom. The second-order valence-electron chi connectivity index (χ2n) is 4.30. The lowest BCUT2D eigenvalue weighted by Crippen LogP contribution is -2.29. The minimum atomic E-state index is -0.365. The van der Waals surface area contributed by atoms with Crippen molar-refractivity contribution in [1.29, 1.82) is 5.26 Å². The Morgan fingerprint density at radius 2 is 2.28 bits per heavy atom. The number of ether oxygens (including phenoxy) is 1. The van der Waals surface area contributed by atoms with E-state index in [-0.39, 0.29) is 5.82 Å². The molecule has 0 spiro atoms. The second-order valence-corrected chi connectivity index (χ2v) is 4.30. The summed E-state index contributed by atoms with van der Waals surface area (Å²) < 4.78 is 18.4. The zero-order valence-corrected chi connectivity index (χ0v) is 10.3. The maximum Gasteiger partial charge on any atom is 0.126 e. The van der Waals surface area contributed by atoms with Gasteiger partial charge in [-0.2, -0.15) is 5.26 Å². The molecule has 0 bridgehead atoms. The van der Waals surface area contributed by atoms with Gasteiger partial charge in [-0.25, -0.2) is 4.39 Å². The van der Waals surface area contributed by atoms with E-state index in [1.807, 2.05) is 6.07 Å². The Hall–Kier alpha value is -1.86. The number of benzene rings is 1. The molecule has 1 heterocycles. The van der Waals surface area contributed by atoms with Crippen LogP contribution < -0.4 is 4.90 Å². The average molecular weight is 246 g/mol. The zero-order valence-electron chi connectivity index (χ0n) is 10.3. The van der Waals surface area contributed by atoms with Crippen molar-refractivity contribution in [3.8, 4) is 6.07 Å². The fourth-order valence-electron chi connectivity index (χ4n) is 2.08. The van der Waals surface area contributed by atoms with E-state index >= 15 is 0 Å². The van der Waals surface area contributed by atoms with E-state index in [1.54, 1.807) is 13.2 Å². The van der Waals surface area contributed by atoms with E-state index in [1.165, 1.54) is 17.7 Å². The van der Waals surface area contributed by atoms with Gasteiger partial charge in [-0.1, -0.05) is 6.08 Å². The smallest absolute Gasteiger partial charge is 0.126 e. The molecule has 1 aromatic carbocycles. The van der Waals surface area contributed by atoms with Crippen molar-refractivity contribution in [2.75, 3.05) is 31.7 Å². The molecule has 0 atom stereocenters. The first kappa shape index (κ1) is 12.6. The van der Waals surface area contributed by atoms with Crippen LogP contribution in [-0.4, -0.2) is 26.8 Å². The maximum absolute atomic E-state index is 13.4. The topological polar surface area (TPSA) is 36.3 Å². The molecule has 0 aromatic heterocycles. The molecule has 1 aliphatic heterocycles. The number of halogens is 1. The van der Waals surface area contributed by atoms with Gasteiger partial charge >= 0.3 is 0 Å². The summed E-state index contributed by atoms with van der Waals surface area (Å²) in [7, 11) is 1.68. The van der Waals surface area contributed by atoms with Gasteiger partial charge in [-0.05, 0) is 30.2 Å². The third-order valence-corrected chi connectivity index (χ3v) is 3.01. The Morgan fingerprint density at radius 3 is 2.89 bits per heavy atom. The van der Waals surface area contributed by atoms with Crippen LogP contribution in [0.3, 0.4) is 0 Å². The van der Waals surface area contributed by atoms with Crippen molar-refractivity contribution in [3.05, 3.63) is 41.2 Å². The number of hydrogen-bond acceptors (Lipinski definition) is 3. The van der Waals surface area contributed by atoms with E-state index in [0.717, 1.165) is 25.2 Å². The van der Waals surface area contributed by atoms with E-state index < -0.39 is 0 Å². The third kappa shape index (κ3) is 2.88. The van der Waals surface area contributed by atoms with Gasteiger partial charge in [-0.15, -0.1) is 0 Å². The van der Waals surface area contributed by atoms with Crippen LogP contribution in [0.4, 0.5) is 10.1 Å². The standard InChI is InChI=1S/C14H15FN2O/c1-18-10-11-2-4-17(5-3-11)14-7-12(9-16)6-13(15)8-14/h2,6-8H,3-5,10H2,1H3. The largest absolute Gasteiger partial charge is 0.380 e. The fourth-order valence-corrected chi connectivity index (χ4v) is 2.08. The Labute approximate surface area is 106 Å². The van der Waals surface area contributed by atoms with Gasteiger partial charge in [-0.3, -0.25) is 0 Å². The third-order valence-electron chi connectivity index (χ3n) is 3.01. The first-order chi connectivity index (χ1) is 8.72. The summed E-state index contributed by atoms with van der Waals surface area (Å²) in [5.74, 6) is -0.365. The summed E-state index contributed by atoms with van der Waals surface area (Å²) in [4.78, 5) is 2.06. The van der Waals surface area contributed by atoms with Gasteiger partial charge in [0.15, 0.2) is 0 Å². The molecule has 0 saturated carbocycles. The Bertz CT molecular complexity index is 505. The van der Waals surface area contributed by atoms with Crippen molar-refractivity contribution in [2.24, 2.45) is 0 Å². The monoisotopic (exact) mass is 246 g/mol. The van der Waals surface area contributed by atoms with Crippen LogP contribution in [0.2, 0.25) is 0 Å². The molecule has 2 rings (SSSR count). The number of nitrogens with zero attached hydrogens (tertiary/aromatic N) is 2. The highest BCUT2D eigenvalue weighted by atomic mass is 19.1. The molecule has 18 heavy (non-hydrogen) atoms. The fraction of sp³-hybridized carbons (Fsp3) is 0.357. The van der Waals surface area contributed by atoms with Gasteiger partial charge < -0.3 is 9.64 Å². The number of nitriles is 1. The van der Waals surface area contributed by atoms with E-state index in [0.29, 0.717) is 12.2 Å². The molecular formula is C14H15FN2O. The Kier molecular flexibility index (Phi) is 3.96. The number of rotatable bonds is 3. The first-order valence-corrected chi connectivity index (χ1v) is 5.85. The highest BCUT2D eigenvalue weighted by Crippen LogP contribution is 2.22. The van der Waals surface area contributed by atoms with E-state index in [4.69, 9.17) is 10.00 Å². The van der Waals surface area contributed by atoms with Gasteiger partial charge in [0.05, 0.1) is 18.2 Å². The Balaban J connectivity index is 2.15. The normalized spacial score (nSPS) is 15.2. The number of methoxy groups -OCH3 is 1. The van der Waals surface area contributed by atoms with Crippen LogP contribution in [0.5, 0.6) is 0 Å². The van der Waals surface area contributed by atoms with Crippen LogP contribution >= 0.6 is 0 Å². The van der Waals surface area contributed by atoms with E-state index in [9.17, 15) is 4.39 Å². The van der Waals surface area contributed by atoms with Crippen LogP contribution in [0.15, 0.2) is 29.8 Å². The minimum absolute atomic E-state index is 0.358. The van der Waals surface area contributed by atoms with Crippen LogP contribution in [0.25, 0.3) is 0 Å². The van der Waals surface area contributed by atoms with Gasteiger partial charge in [0, 0.05) is 25.9 Å². The lowest BCUT2D eigenvalue weighted by molar-refractivity contribution is 0.222. The lowest BCUT2D eigenvalue weighted by atomic mass is 10.1. The number of anilines is 1. The summed E-state index contributed by atoms with van der Waals surface area (Å²) in [6, 6.07) is 6.41. The lowest BCUT2D eigenvalue weighted by Gasteiger charge is -2.28. The van der Waals surface area contributed by atoms with Crippen molar-refractivity contribution < 1.29 is 9.13 Å². The summed E-state index contributed by atoms with van der Waals surface area (Å²) in [6.45, 7) is 2.21. The predicted molar refractivity (Wildman–Crippen MR) is 67.9 cm³/mol. The summed E-state index contributed by atoms with van der Waals surface area (Å²) >= 11 is 0. The van der Waals surface area contributed by atoms with Crippen LogP contribution in [0.1, 0.15) is 12.0 Å². The molecule has 0 saturated heterocycles. The van der Waals surface area contributed by atoms with Crippen molar-refractivity contribution in [3.63, 3.8) is 0 Å².